The fourth-order valence-corrected chi connectivity index (χ4v) is 2.62. The molecule has 1 N–H and O–H groups in total. The number of nitrogens with one attached hydrogen (secondary N) is 1. The zero-order chi connectivity index (χ0) is 19.4. The van der Waals surface area contributed by atoms with Gasteiger partial charge in [0.1, 0.15) is 11.6 Å². The molecule has 1 aromatic carbocycles. The molecule has 0 amide bonds. The number of hydrogen-bond acceptors (Lipinski definition) is 5. The number of pyridine rings is 1. The largest absolute Gasteiger partial charge is 0.435 e. The van der Waals surface area contributed by atoms with E-state index < -0.39 is 6.61 Å². The molecule has 0 fully saturated rings. The summed E-state index contributed by atoms with van der Waals surface area (Å²) in [5.41, 5.74) is 3.59. The van der Waals surface area contributed by atoms with Crippen LogP contribution in [0.15, 0.2) is 48.8 Å². The first-order valence-electron chi connectivity index (χ1n) is 8.51. The lowest BCUT2D eigenvalue weighted by Crippen LogP contribution is -2.11. The van der Waals surface area contributed by atoms with Crippen LogP contribution in [0.1, 0.15) is 29.8 Å². The number of anilines is 1. The van der Waals surface area contributed by atoms with E-state index in [1.165, 1.54) is 12.1 Å². The van der Waals surface area contributed by atoms with Gasteiger partial charge in [-0.05, 0) is 50.6 Å². The van der Waals surface area contributed by atoms with Gasteiger partial charge >= 0.3 is 6.61 Å². The Hall–Kier alpha value is -3.09. The van der Waals surface area contributed by atoms with Crippen LogP contribution in [0.2, 0.25) is 0 Å². The van der Waals surface area contributed by atoms with Crippen LogP contribution in [-0.2, 0) is 0 Å². The quantitative estimate of drug-likeness (QED) is 0.667. The molecule has 0 saturated carbocycles. The van der Waals surface area contributed by atoms with Crippen LogP contribution in [0.25, 0.3) is 11.4 Å². The molecule has 0 aliphatic carbocycles. The van der Waals surface area contributed by atoms with Gasteiger partial charge in [-0.1, -0.05) is 12.1 Å². The Bertz CT molecular complexity index is 902. The maximum atomic E-state index is 12.3. The van der Waals surface area contributed by atoms with E-state index in [9.17, 15) is 8.78 Å². The molecule has 0 aliphatic rings. The predicted molar refractivity (Wildman–Crippen MR) is 99.8 cm³/mol. The lowest BCUT2D eigenvalue weighted by molar-refractivity contribution is -0.0498. The highest BCUT2D eigenvalue weighted by Gasteiger charge is 2.13. The first-order valence-corrected chi connectivity index (χ1v) is 8.51. The Kier molecular flexibility index (Phi) is 5.59. The summed E-state index contributed by atoms with van der Waals surface area (Å²) in [6.45, 7) is 3.04. The van der Waals surface area contributed by atoms with Gasteiger partial charge in [-0.2, -0.15) is 8.78 Å². The van der Waals surface area contributed by atoms with Crippen LogP contribution in [-0.4, -0.2) is 21.6 Å². The van der Waals surface area contributed by atoms with Crippen molar-refractivity contribution in [3.8, 4) is 17.1 Å². The fraction of sp³-hybridized carbons (Fsp3) is 0.250. The van der Waals surface area contributed by atoms with Crippen LogP contribution < -0.4 is 10.1 Å². The summed E-state index contributed by atoms with van der Waals surface area (Å²) >= 11 is 0. The maximum Gasteiger partial charge on any atom is 0.387 e. The maximum absolute atomic E-state index is 12.3. The predicted octanol–water partition coefficient (Wildman–Crippen LogP) is 4.93. The average Bonchev–Trinajstić information content (AvgIpc) is 2.66. The van der Waals surface area contributed by atoms with E-state index in [2.05, 4.69) is 25.0 Å². The number of ether oxygens (including phenoxy) is 1. The molecule has 0 aliphatic heterocycles. The lowest BCUT2D eigenvalue weighted by Gasteiger charge is -2.18. The highest BCUT2D eigenvalue weighted by Crippen LogP contribution is 2.26. The van der Waals surface area contributed by atoms with Gasteiger partial charge in [0.05, 0.1) is 0 Å². The number of aromatic nitrogens is 3. The number of alkyl halides is 2. The Labute approximate surface area is 156 Å². The van der Waals surface area contributed by atoms with Gasteiger partial charge in [0, 0.05) is 35.3 Å². The Balaban J connectivity index is 1.83. The van der Waals surface area contributed by atoms with Crippen molar-refractivity contribution in [3.63, 3.8) is 0 Å². The number of hydrogen-bond donors (Lipinski definition) is 1. The van der Waals surface area contributed by atoms with E-state index >= 15 is 0 Å². The van der Waals surface area contributed by atoms with E-state index in [1.807, 2.05) is 32.9 Å². The van der Waals surface area contributed by atoms with Crippen LogP contribution in [0.5, 0.6) is 5.75 Å². The monoisotopic (exact) mass is 370 g/mol. The first kappa shape index (κ1) is 18.7. The van der Waals surface area contributed by atoms with Crippen molar-refractivity contribution >= 4 is 5.82 Å². The average molecular weight is 370 g/mol. The highest BCUT2D eigenvalue weighted by atomic mass is 19.3. The summed E-state index contributed by atoms with van der Waals surface area (Å²) in [5, 5.41) is 3.38. The van der Waals surface area contributed by atoms with Crippen molar-refractivity contribution in [1.82, 2.24) is 15.0 Å². The highest BCUT2D eigenvalue weighted by molar-refractivity contribution is 5.59. The minimum atomic E-state index is -2.83. The number of rotatable bonds is 6. The zero-order valence-corrected chi connectivity index (χ0v) is 15.3. The van der Waals surface area contributed by atoms with E-state index in [1.54, 1.807) is 24.5 Å². The summed E-state index contributed by atoms with van der Waals surface area (Å²) in [6, 6.07) is 10.2. The van der Waals surface area contributed by atoms with Gasteiger partial charge < -0.3 is 10.1 Å². The molecule has 0 radical (unpaired) electrons. The molecule has 0 spiro atoms. The third-order valence-electron chi connectivity index (χ3n) is 4.27. The molecule has 3 rings (SSSR count). The van der Waals surface area contributed by atoms with Crippen molar-refractivity contribution in [2.45, 2.75) is 33.4 Å². The summed E-state index contributed by atoms with van der Waals surface area (Å²) in [6.07, 6.45) is 3.42. The minimum Gasteiger partial charge on any atom is -0.435 e. The smallest absolute Gasteiger partial charge is 0.387 e. The van der Waals surface area contributed by atoms with Crippen molar-refractivity contribution in [3.05, 3.63) is 65.6 Å². The summed E-state index contributed by atoms with van der Waals surface area (Å²) in [7, 11) is 0. The molecule has 1 atom stereocenters. The second-order valence-electron chi connectivity index (χ2n) is 6.16. The van der Waals surface area contributed by atoms with Crippen LogP contribution in [0.4, 0.5) is 14.6 Å². The van der Waals surface area contributed by atoms with E-state index in [4.69, 9.17) is 0 Å². The molecule has 2 heterocycles. The number of nitrogens with zero attached hydrogens (tertiary/aromatic N) is 3. The SMILES string of the molecule is Cc1nc(-c2cccnc2)nc(NC(C)c2ccc(OC(F)F)cc2)c1C. The molecule has 5 nitrogen and oxygen atoms in total. The molecule has 27 heavy (non-hydrogen) atoms. The molecule has 140 valence electrons. The van der Waals surface area contributed by atoms with Crippen molar-refractivity contribution in [2.75, 3.05) is 5.32 Å². The van der Waals surface area contributed by atoms with E-state index in [-0.39, 0.29) is 11.8 Å². The normalized spacial score (nSPS) is 12.1. The van der Waals surface area contributed by atoms with Crippen LogP contribution in [0, 0.1) is 13.8 Å². The third-order valence-corrected chi connectivity index (χ3v) is 4.27. The van der Waals surface area contributed by atoms with E-state index in [0.717, 1.165) is 28.2 Å². The van der Waals surface area contributed by atoms with Gasteiger partial charge in [0.2, 0.25) is 0 Å². The molecular formula is C20H20F2N4O. The number of benzene rings is 1. The number of aryl methyl sites for hydroxylation is 1. The third kappa shape index (κ3) is 4.55. The molecule has 2 aromatic heterocycles. The molecule has 0 bridgehead atoms. The molecule has 1 unspecified atom stereocenters. The lowest BCUT2D eigenvalue weighted by atomic mass is 10.1. The summed E-state index contributed by atoms with van der Waals surface area (Å²) < 4.78 is 28.9. The summed E-state index contributed by atoms with van der Waals surface area (Å²) in [4.78, 5) is 13.3. The van der Waals surface area contributed by atoms with E-state index in [0.29, 0.717) is 5.82 Å². The van der Waals surface area contributed by atoms with Gasteiger partial charge in [0.25, 0.3) is 0 Å². The van der Waals surface area contributed by atoms with Crippen LogP contribution >= 0.6 is 0 Å². The molecular weight excluding hydrogens is 350 g/mol. The summed E-state index contributed by atoms with van der Waals surface area (Å²) in [5.74, 6) is 1.46. The van der Waals surface area contributed by atoms with Gasteiger partial charge in [0.15, 0.2) is 5.82 Å². The molecule has 3 aromatic rings. The fourth-order valence-electron chi connectivity index (χ4n) is 2.62. The Morgan fingerprint density at radius 3 is 2.41 bits per heavy atom. The zero-order valence-electron chi connectivity index (χ0n) is 15.3. The number of halogens is 2. The van der Waals surface area contributed by atoms with Crippen molar-refractivity contribution < 1.29 is 13.5 Å². The second-order valence-corrected chi connectivity index (χ2v) is 6.16. The van der Waals surface area contributed by atoms with Gasteiger partial charge in [-0.3, -0.25) is 4.98 Å². The topological polar surface area (TPSA) is 59.9 Å². The second kappa shape index (κ2) is 8.07. The molecule has 7 heteroatoms. The minimum absolute atomic E-state index is 0.0830. The van der Waals surface area contributed by atoms with Crippen molar-refractivity contribution in [2.24, 2.45) is 0 Å². The van der Waals surface area contributed by atoms with Crippen molar-refractivity contribution in [1.29, 1.82) is 0 Å². The standard InChI is InChI=1S/C20H20F2N4O/c1-12-13(2)24-19(16-5-4-10-23-11-16)26-18(12)25-14(3)15-6-8-17(9-7-15)27-20(21)22/h4-11,14,20H,1-3H3,(H,24,25,26). The first-order chi connectivity index (χ1) is 12.9. The van der Waals surface area contributed by atoms with Gasteiger partial charge in [-0.25, -0.2) is 9.97 Å². The molecule has 0 saturated heterocycles. The Morgan fingerprint density at radius 2 is 1.78 bits per heavy atom. The van der Waals surface area contributed by atoms with Crippen LogP contribution in [0.3, 0.4) is 0 Å². The Morgan fingerprint density at radius 1 is 1.04 bits per heavy atom. The van der Waals surface area contributed by atoms with Gasteiger partial charge in [-0.15, -0.1) is 0 Å².